The fourth-order valence-corrected chi connectivity index (χ4v) is 2.01. The van der Waals surface area contributed by atoms with Crippen molar-refractivity contribution < 1.29 is 9.84 Å². The van der Waals surface area contributed by atoms with E-state index in [9.17, 15) is 0 Å². The molecule has 0 saturated carbocycles. The number of piperidine rings is 1. The van der Waals surface area contributed by atoms with Gasteiger partial charge in [0.05, 0.1) is 6.61 Å². The minimum atomic E-state index is 0.0740. The van der Waals surface area contributed by atoms with Crippen molar-refractivity contribution in [3.63, 3.8) is 0 Å². The van der Waals surface area contributed by atoms with Gasteiger partial charge in [-0.1, -0.05) is 12.1 Å². The maximum absolute atomic E-state index is 9.04. The maximum Gasteiger partial charge on any atom is 0.120 e. The van der Waals surface area contributed by atoms with E-state index >= 15 is 0 Å². The van der Waals surface area contributed by atoms with E-state index < -0.39 is 0 Å². The molecule has 0 atom stereocenters. The molecule has 0 bridgehead atoms. The van der Waals surface area contributed by atoms with Crippen LogP contribution >= 0.6 is 0 Å². The number of benzene rings is 1. The molecule has 1 aromatic rings. The van der Waals surface area contributed by atoms with Gasteiger partial charge in [0.2, 0.25) is 0 Å². The third-order valence-corrected chi connectivity index (χ3v) is 3.05. The first-order chi connectivity index (χ1) is 7.78. The molecule has 88 valence electrons. The summed E-state index contributed by atoms with van der Waals surface area (Å²) in [4.78, 5) is 2.32. The molecule has 1 heterocycles. The second kappa shape index (κ2) is 5.32. The Morgan fingerprint density at radius 3 is 2.81 bits per heavy atom. The Kier molecular flexibility index (Phi) is 3.80. The van der Waals surface area contributed by atoms with E-state index in [1.807, 2.05) is 24.3 Å². The van der Waals surface area contributed by atoms with E-state index in [1.165, 1.54) is 0 Å². The summed E-state index contributed by atoms with van der Waals surface area (Å²) in [6.07, 6.45) is 2.49. The zero-order valence-corrected chi connectivity index (χ0v) is 9.72. The molecule has 16 heavy (non-hydrogen) atoms. The molecule has 1 N–H and O–H groups in total. The van der Waals surface area contributed by atoms with Crippen LogP contribution in [-0.4, -0.2) is 36.2 Å². The van der Waals surface area contributed by atoms with E-state index in [0.29, 0.717) is 6.10 Å². The molecule has 1 fully saturated rings. The molecule has 0 radical (unpaired) electrons. The van der Waals surface area contributed by atoms with Crippen LogP contribution in [0.1, 0.15) is 18.4 Å². The smallest absolute Gasteiger partial charge is 0.120 e. The summed E-state index contributed by atoms with van der Waals surface area (Å²) >= 11 is 0. The lowest BCUT2D eigenvalue weighted by Crippen LogP contribution is -2.35. The van der Waals surface area contributed by atoms with Crippen molar-refractivity contribution in [1.29, 1.82) is 0 Å². The zero-order valence-electron chi connectivity index (χ0n) is 9.72. The van der Waals surface area contributed by atoms with Crippen molar-refractivity contribution in [1.82, 2.24) is 4.90 Å². The summed E-state index contributed by atoms with van der Waals surface area (Å²) in [5, 5.41) is 9.04. The molecule has 0 aromatic heterocycles. The maximum atomic E-state index is 9.04. The van der Waals surface area contributed by atoms with Crippen LogP contribution in [0.15, 0.2) is 24.3 Å². The lowest BCUT2D eigenvalue weighted by molar-refractivity contribution is 0.114. The first-order valence-electron chi connectivity index (χ1n) is 5.83. The number of hydrogen-bond donors (Lipinski definition) is 1. The lowest BCUT2D eigenvalue weighted by Gasteiger charge is -2.29. The lowest BCUT2D eigenvalue weighted by atomic mass is 10.1. The third-order valence-electron chi connectivity index (χ3n) is 3.05. The van der Waals surface area contributed by atoms with Crippen molar-refractivity contribution in [3.8, 4) is 5.75 Å². The van der Waals surface area contributed by atoms with Crippen LogP contribution in [0.2, 0.25) is 0 Å². The molecule has 2 rings (SSSR count). The molecule has 0 spiro atoms. The Bertz CT molecular complexity index is 332. The number of hydrogen-bond acceptors (Lipinski definition) is 3. The average molecular weight is 221 g/mol. The zero-order chi connectivity index (χ0) is 11.4. The highest BCUT2D eigenvalue weighted by Gasteiger charge is 2.17. The molecule has 1 saturated heterocycles. The van der Waals surface area contributed by atoms with Gasteiger partial charge in [0.25, 0.3) is 0 Å². The minimum Gasteiger partial charge on any atom is -0.490 e. The van der Waals surface area contributed by atoms with E-state index in [1.54, 1.807) is 0 Å². The van der Waals surface area contributed by atoms with E-state index in [-0.39, 0.29) is 6.61 Å². The molecule has 1 aliphatic heterocycles. The highest BCUT2D eigenvalue weighted by atomic mass is 16.5. The molecular formula is C13H19NO2. The molecule has 1 aromatic carbocycles. The Labute approximate surface area is 96.6 Å². The largest absolute Gasteiger partial charge is 0.490 e. The quantitative estimate of drug-likeness (QED) is 0.842. The van der Waals surface area contributed by atoms with Crippen LogP contribution in [0.5, 0.6) is 5.75 Å². The predicted molar refractivity (Wildman–Crippen MR) is 63.5 cm³/mol. The normalized spacial score (nSPS) is 18.6. The Morgan fingerprint density at radius 1 is 1.38 bits per heavy atom. The van der Waals surface area contributed by atoms with Gasteiger partial charge in [-0.2, -0.15) is 0 Å². The highest BCUT2D eigenvalue weighted by Crippen LogP contribution is 2.19. The van der Waals surface area contributed by atoms with Gasteiger partial charge in [-0.15, -0.1) is 0 Å². The van der Waals surface area contributed by atoms with Crippen molar-refractivity contribution in [2.24, 2.45) is 0 Å². The number of rotatable bonds is 3. The molecule has 3 nitrogen and oxygen atoms in total. The fraction of sp³-hybridized carbons (Fsp3) is 0.538. The van der Waals surface area contributed by atoms with Crippen molar-refractivity contribution in [2.45, 2.75) is 25.6 Å². The molecule has 0 aliphatic carbocycles. The second-order valence-electron chi connectivity index (χ2n) is 4.43. The topological polar surface area (TPSA) is 32.7 Å². The summed E-state index contributed by atoms with van der Waals surface area (Å²) < 4.78 is 5.91. The SMILES string of the molecule is CN1CCC(Oc2cccc(CO)c2)CC1. The van der Waals surface area contributed by atoms with Gasteiger partial charge in [-0.3, -0.25) is 0 Å². The van der Waals surface area contributed by atoms with E-state index in [0.717, 1.165) is 37.2 Å². The van der Waals surface area contributed by atoms with Crippen LogP contribution in [0.4, 0.5) is 0 Å². The number of likely N-dealkylation sites (tertiary alicyclic amines) is 1. The Balaban J connectivity index is 1.93. The number of aliphatic hydroxyl groups excluding tert-OH is 1. The van der Waals surface area contributed by atoms with E-state index in [2.05, 4.69) is 11.9 Å². The van der Waals surface area contributed by atoms with Gasteiger partial charge in [0, 0.05) is 13.1 Å². The van der Waals surface area contributed by atoms with Gasteiger partial charge < -0.3 is 14.7 Å². The highest BCUT2D eigenvalue weighted by molar-refractivity contribution is 5.28. The summed E-state index contributed by atoms with van der Waals surface area (Å²) in [6.45, 7) is 2.28. The van der Waals surface area contributed by atoms with Crippen molar-refractivity contribution in [2.75, 3.05) is 20.1 Å². The first-order valence-corrected chi connectivity index (χ1v) is 5.83. The molecular weight excluding hydrogens is 202 g/mol. The molecule has 1 aliphatic rings. The molecule has 3 heteroatoms. The van der Waals surface area contributed by atoms with Gasteiger partial charge in [-0.25, -0.2) is 0 Å². The van der Waals surface area contributed by atoms with Crippen LogP contribution in [0.25, 0.3) is 0 Å². The predicted octanol–water partition coefficient (Wildman–Crippen LogP) is 1.65. The first kappa shape index (κ1) is 11.4. The summed E-state index contributed by atoms with van der Waals surface area (Å²) in [5.74, 6) is 0.876. The third kappa shape index (κ3) is 2.97. The standard InChI is InChI=1S/C13H19NO2/c1-14-7-5-12(6-8-14)16-13-4-2-3-11(9-13)10-15/h2-4,9,12,15H,5-8,10H2,1H3. The van der Waals surface area contributed by atoms with Gasteiger partial charge in [0.1, 0.15) is 11.9 Å². The molecule has 0 unspecified atom stereocenters. The van der Waals surface area contributed by atoms with Crippen LogP contribution in [0.3, 0.4) is 0 Å². The van der Waals surface area contributed by atoms with E-state index in [4.69, 9.17) is 9.84 Å². The summed E-state index contributed by atoms with van der Waals surface area (Å²) in [7, 11) is 2.14. The van der Waals surface area contributed by atoms with Gasteiger partial charge >= 0.3 is 0 Å². The van der Waals surface area contributed by atoms with Crippen LogP contribution in [-0.2, 0) is 6.61 Å². The van der Waals surface area contributed by atoms with Crippen LogP contribution < -0.4 is 4.74 Å². The average Bonchev–Trinajstić information content (AvgIpc) is 2.32. The fourth-order valence-electron chi connectivity index (χ4n) is 2.01. The summed E-state index contributed by atoms with van der Waals surface area (Å²) in [5.41, 5.74) is 0.908. The van der Waals surface area contributed by atoms with Crippen molar-refractivity contribution >= 4 is 0 Å². The Hall–Kier alpha value is -1.06. The number of aliphatic hydroxyl groups is 1. The number of ether oxygens (including phenoxy) is 1. The van der Waals surface area contributed by atoms with Gasteiger partial charge in [-0.05, 0) is 37.6 Å². The van der Waals surface area contributed by atoms with Crippen molar-refractivity contribution in [3.05, 3.63) is 29.8 Å². The second-order valence-corrected chi connectivity index (χ2v) is 4.43. The monoisotopic (exact) mass is 221 g/mol. The minimum absolute atomic E-state index is 0.0740. The van der Waals surface area contributed by atoms with Crippen LogP contribution in [0, 0.1) is 0 Å². The Morgan fingerprint density at radius 2 is 2.12 bits per heavy atom. The molecule has 0 amide bonds. The number of nitrogens with zero attached hydrogens (tertiary/aromatic N) is 1. The van der Waals surface area contributed by atoms with Gasteiger partial charge in [0.15, 0.2) is 0 Å². The summed E-state index contributed by atoms with van der Waals surface area (Å²) in [6, 6.07) is 7.70.